The quantitative estimate of drug-likeness (QED) is 0.539. The van der Waals surface area contributed by atoms with Crippen molar-refractivity contribution in [1.29, 1.82) is 0 Å². The molecule has 1 aromatic heterocycles. The molecule has 0 N–H and O–H groups in total. The number of carbonyl (C=O) groups excluding carboxylic acids is 1. The second-order valence-corrected chi connectivity index (χ2v) is 5.85. The van der Waals surface area contributed by atoms with E-state index in [1.807, 2.05) is 61.7 Å². The highest BCUT2D eigenvalue weighted by Crippen LogP contribution is 2.14. The van der Waals surface area contributed by atoms with E-state index < -0.39 is 0 Å². The standard InChI is InChI=1S/C17H14BrN2O/c1-12-16-5-3-2-4-14(16)10-20(19-12)11-17(21)13-6-8-15(18)9-7-13/h2-10H,11H2,1H3/q+1. The van der Waals surface area contributed by atoms with Crippen LogP contribution in [-0.4, -0.2) is 10.9 Å². The number of fused-ring (bicyclic) bond motifs is 1. The molecule has 0 amide bonds. The van der Waals surface area contributed by atoms with Crippen LogP contribution < -0.4 is 4.68 Å². The van der Waals surface area contributed by atoms with E-state index in [1.165, 1.54) is 0 Å². The molecule has 0 fully saturated rings. The largest absolute Gasteiger partial charge is 0.287 e. The van der Waals surface area contributed by atoms with Crippen molar-refractivity contribution in [1.82, 2.24) is 5.10 Å². The van der Waals surface area contributed by atoms with Crippen LogP contribution in [0.1, 0.15) is 16.1 Å². The SMILES string of the molecule is Cc1n[n+](CC(=O)c2ccc(Br)cc2)cc2ccccc12. The number of halogens is 1. The molecule has 3 nitrogen and oxygen atoms in total. The summed E-state index contributed by atoms with van der Waals surface area (Å²) < 4.78 is 2.67. The fraction of sp³-hybridized carbons (Fsp3) is 0.118. The highest BCUT2D eigenvalue weighted by atomic mass is 79.9. The molecular formula is C17H14BrN2O+. The Bertz CT molecular complexity index is 813. The van der Waals surface area contributed by atoms with Gasteiger partial charge in [-0.15, -0.1) is 0 Å². The van der Waals surface area contributed by atoms with Crippen LogP contribution in [-0.2, 0) is 6.54 Å². The number of hydrogen-bond donors (Lipinski definition) is 0. The predicted molar refractivity (Wildman–Crippen MR) is 85.1 cm³/mol. The molecule has 4 heteroatoms. The van der Waals surface area contributed by atoms with Crippen molar-refractivity contribution < 1.29 is 9.48 Å². The zero-order valence-electron chi connectivity index (χ0n) is 11.6. The summed E-state index contributed by atoms with van der Waals surface area (Å²) in [5.41, 5.74) is 1.62. The van der Waals surface area contributed by atoms with Crippen molar-refractivity contribution in [3.05, 3.63) is 70.5 Å². The van der Waals surface area contributed by atoms with Crippen molar-refractivity contribution in [2.75, 3.05) is 0 Å². The molecule has 0 bridgehead atoms. The first-order valence-corrected chi connectivity index (χ1v) is 7.48. The zero-order chi connectivity index (χ0) is 14.8. The molecule has 21 heavy (non-hydrogen) atoms. The topological polar surface area (TPSA) is 33.8 Å². The van der Waals surface area contributed by atoms with Gasteiger partial charge in [0.05, 0.1) is 0 Å². The van der Waals surface area contributed by atoms with Crippen molar-refractivity contribution in [3.8, 4) is 0 Å². The van der Waals surface area contributed by atoms with Gasteiger partial charge >= 0.3 is 0 Å². The summed E-state index contributed by atoms with van der Waals surface area (Å²) in [5.74, 6) is 0.0506. The Hall–Kier alpha value is -2.07. The van der Waals surface area contributed by atoms with Gasteiger partial charge in [0.25, 0.3) is 0 Å². The van der Waals surface area contributed by atoms with Crippen LogP contribution in [0.15, 0.2) is 59.2 Å². The normalized spacial score (nSPS) is 10.8. The van der Waals surface area contributed by atoms with Gasteiger partial charge in [0.2, 0.25) is 18.5 Å². The molecule has 3 rings (SSSR count). The Morgan fingerprint density at radius 3 is 2.62 bits per heavy atom. The van der Waals surface area contributed by atoms with Crippen LogP contribution in [0.3, 0.4) is 0 Å². The number of nitrogens with zero attached hydrogens (tertiary/aromatic N) is 2. The Morgan fingerprint density at radius 1 is 1.14 bits per heavy atom. The minimum Gasteiger partial charge on any atom is -0.287 e. The van der Waals surface area contributed by atoms with Crippen molar-refractivity contribution in [2.45, 2.75) is 13.5 Å². The summed E-state index contributed by atoms with van der Waals surface area (Å²) in [4.78, 5) is 12.3. The number of carbonyl (C=O) groups is 1. The molecule has 0 aliphatic heterocycles. The molecule has 1 heterocycles. The summed E-state index contributed by atoms with van der Waals surface area (Å²) >= 11 is 3.37. The Kier molecular flexibility index (Phi) is 3.80. The van der Waals surface area contributed by atoms with Crippen molar-refractivity contribution >= 4 is 32.5 Å². The average molecular weight is 342 g/mol. The number of ketones is 1. The molecule has 0 saturated carbocycles. The van der Waals surface area contributed by atoms with Crippen LogP contribution in [0, 0.1) is 6.92 Å². The molecule has 0 aliphatic carbocycles. The number of aryl methyl sites for hydroxylation is 1. The third-order valence-electron chi connectivity index (χ3n) is 3.39. The highest BCUT2D eigenvalue weighted by Gasteiger charge is 2.15. The highest BCUT2D eigenvalue weighted by molar-refractivity contribution is 9.10. The van der Waals surface area contributed by atoms with E-state index in [-0.39, 0.29) is 12.3 Å². The molecular weight excluding hydrogens is 328 g/mol. The zero-order valence-corrected chi connectivity index (χ0v) is 13.2. The predicted octanol–water partition coefficient (Wildman–Crippen LogP) is 3.48. The first kappa shape index (κ1) is 13.9. The average Bonchev–Trinajstić information content (AvgIpc) is 2.48. The van der Waals surface area contributed by atoms with Gasteiger partial charge < -0.3 is 0 Å². The molecule has 0 saturated heterocycles. The minimum atomic E-state index is 0.0506. The summed E-state index contributed by atoms with van der Waals surface area (Å²) in [6.07, 6.45) is 1.92. The molecule has 0 unspecified atom stereocenters. The van der Waals surface area contributed by atoms with Gasteiger partial charge in [0.15, 0.2) is 0 Å². The third kappa shape index (κ3) is 3.00. The lowest BCUT2D eigenvalue weighted by Gasteiger charge is -2.01. The maximum absolute atomic E-state index is 12.3. The lowest BCUT2D eigenvalue weighted by Crippen LogP contribution is -2.42. The second-order valence-electron chi connectivity index (χ2n) is 4.93. The third-order valence-corrected chi connectivity index (χ3v) is 3.92. The van der Waals surface area contributed by atoms with Gasteiger partial charge in [0.1, 0.15) is 5.69 Å². The maximum atomic E-state index is 12.3. The fourth-order valence-electron chi connectivity index (χ4n) is 2.33. The number of hydrogen-bond acceptors (Lipinski definition) is 2. The first-order chi connectivity index (χ1) is 10.1. The van der Waals surface area contributed by atoms with E-state index in [1.54, 1.807) is 4.68 Å². The Morgan fingerprint density at radius 2 is 1.86 bits per heavy atom. The molecule has 0 spiro atoms. The second kappa shape index (κ2) is 5.74. The van der Waals surface area contributed by atoms with Crippen molar-refractivity contribution in [3.63, 3.8) is 0 Å². The lowest BCUT2D eigenvalue weighted by molar-refractivity contribution is -0.740. The van der Waals surface area contributed by atoms with E-state index in [4.69, 9.17) is 0 Å². The van der Waals surface area contributed by atoms with Crippen LogP contribution in [0.2, 0.25) is 0 Å². The monoisotopic (exact) mass is 341 g/mol. The van der Waals surface area contributed by atoms with Crippen LogP contribution >= 0.6 is 15.9 Å². The molecule has 0 aliphatic rings. The number of rotatable bonds is 3. The van der Waals surface area contributed by atoms with E-state index in [0.29, 0.717) is 5.56 Å². The van der Waals surface area contributed by atoms with E-state index in [0.717, 1.165) is 20.9 Å². The number of benzene rings is 2. The van der Waals surface area contributed by atoms with Gasteiger partial charge in [-0.1, -0.05) is 50.9 Å². The fourth-order valence-corrected chi connectivity index (χ4v) is 2.59. The first-order valence-electron chi connectivity index (χ1n) is 6.68. The van der Waals surface area contributed by atoms with E-state index in [9.17, 15) is 4.79 Å². The molecule has 3 aromatic rings. The van der Waals surface area contributed by atoms with Gasteiger partial charge in [-0.25, -0.2) is 0 Å². The molecule has 104 valence electrons. The van der Waals surface area contributed by atoms with Crippen LogP contribution in [0.5, 0.6) is 0 Å². The summed E-state index contributed by atoms with van der Waals surface area (Å²) in [5, 5.41) is 6.68. The Balaban J connectivity index is 1.91. The molecule has 0 radical (unpaired) electrons. The maximum Gasteiger partial charge on any atom is 0.236 e. The molecule has 2 aromatic carbocycles. The Labute approximate surface area is 131 Å². The van der Waals surface area contributed by atoms with Gasteiger partial charge in [0, 0.05) is 20.8 Å². The van der Waals surface area contributed by atoms with Crippen LogP contribution in [0.4, 0.5) is 0 Å². The summed E-state index contributed by atoms with van der Waals surface area (Å²) in [7, 11) is 0. The van der Waals surface area contributed by atoms with Crippen LogP contribution in [0.25, 0.3) is 10.8 Å². The smallest absolute Gasteiger partial charge is 0.236 e. The van der Waals surface area contributed by atoms with Gasteiger partial charge in [-0.3, -0.25) is 4.79 Å². The van der Waals surface area contributed by atoms with Gasteiger partial charge in [-0.05, 0) is 30.2 Å². The van der Waals surface area contributed by atoms with Crippen molar-refractivity contribution in [2.24, 2.45) is 0 Å². The van der Waals surface area contributed by atoms with Gasteiger partial charge in [-0.2, -0.15) is 0 Å². The lowest BCUT2D eigenvalue weighted by atomic mass is 10.1. The van der Waals surface area contributed by atoms with E-state index in [2.05, 4.69) is 21.0 Å². The minimum absolute atomic E-state index is 0.0506. The van der Waals surface area contributed by atoms with E-state index >= 15 is 0 Å². The number of aromatic nitrogens is 2. The molecule has 0 atom stereocenters. The summed E-state index contributed by atoms with van der Waals surface area (Å²) in [6.45, 7) is 2.20. The summed E-state index contributed by atoms with van der Waals surface area (Å²) in [6, 6.07) is 15.4. The number of Topliss-reactive ketones (excluding diaryl/α,β-unsaturated/α-hetero) is 1.